The summed E-state index contributed by atoms with van der Waals surface area (Å²) in [7, 11) is 1.42. The summed E-state index contributed by atoms with van der Waals surface area (Å²) in [4.78, 5) is 13.5. The number of hydrogen-bond acceptors (Lipinski definition) is 4. The molecule has 0 amide bonds. The van der Waals surface area contributed by atoms with E-state index in [4.69, 9.17) is 17.0 Å². The van der Waals surface area contributed by atoms with Crippen LogP contribution in [0.3, 0.4) is 0 Å². The Hall–Kier alpha value is -1.14. The lowest BCUT2D eigenvalue weighted by molar-refractivity contribution is 0.0601. The van der Waals surface area contributed by atoms with Crippen molar-refractivity contribution in [2.45, 2.75) is 52.5 Å². The summed E-state index contributed by atoms with van der Waals surface area (Å²) in [6.07, 6.45) is 3.06. The zero-order chi connectivity index (χ0) is 16.5. The number of methoxy groups -OCH3 is 1. The van der Waals surface area contributed by atoms with Crippen LogP contribution in [0.1, 0.15) is 54.9 Å². The van der Waals surface area contributed by atoms with Gasteiger partial charge in [0.1, 0.15) is 5.00 Å². The van der Waals surface area contributed by atoms with Gasteiger partial charge in [0.25, 0.3) is 0 Å². The van der Waals surface area contributed by atoms with Gasteiger partial charge in [0.05, 0.1) is 12.7 Å². The molecule has 0 saturated heterocycles. The first kappa shape index (κ1) is 17.2. The largest absolute Gasteiger partial charge is 0.465 e. The summed E-state index contributed by atoms with van der Waals surface area (Å²) >= 11 is 6.99. The van der Waals surface area contributed by atoms with Gasteiger partial charge in [-0.3, -0.25) is 0 Å². The maximum atomic E-state index is 12.2. The van der Waals surface area contributed by atoms with E-state index in [1.807, 2.05) is 20.8 Å². The second-order valence-corrected chi connectivity index (χ2v) is 8.39. The molecule has 122 valence electrons. The average molecular weight is 341 g/mol. The minimum absolute atomic E-state index is 0.124. The molecule has 1 aliphatic carbocycles. The van der Waals surface area contributed by atoms with E-state index in [1.165, 1.54) is 12.0 Å². The third-order valence-corrected chi connectivity index (χ3v) is 4.99. The molecule has 4 nitrogen and oxygen atoms in total. The van der Waals surface area contributed by atoms with Gasteiger partial charge in [-0.25, -0.2) is 4.79 Å². The van der Waals surface area contributed by atoms with Crippen LogP contribution in [0.2, 0.25) is 0 Å². The van der Waals surface area contributed by atoms with Gasteiger partial charge in [-0.2, -0.15) is 0 Å². The molecule has 1 aromatic rings. The van der Waals surface area contributed by atoms with Gasteiger partial charge in [0, 0.05) is 10.4 Å². The Bertz CT molecular complexity index is 588. The van der Waals surface area contributed by atoms with Crippen LogP contribution in [0, 0.1) is 5.92 Å². The summed E-state index contributed by atoms with van der Waals surface area (Å²) in [5.41, 5.74) is 1.67. The molecule has 6 heteroatoms. The molecule has 1 heterocycles. The van der Waals surface area contributed by atoms with Gasteiger partial charge in [0.15, 0.2) is 5.11 Å². The highest BCUT2D eigenvalue weighted by Crippen LogP contribution is 2.40. The number of nitrogens with one attached hydrogen (secondary N) is 2. The predicted octanol–water partition coefficient (Wildman–Crippen LogP) is 3.74. The number of thiophene rings is 1. The standard InChI is InChI=1S/C16H24N2O2S2/c1-9-6-7-10-11(8-9)22-13(12(10)14(19)20-5)17-15(21)18-16(2,3)4/h9H,6-8H2,1-5H3,(H2,17,18,21). The molecule has 0 aromatic carbocycles. The molecule has 0 saturated carbocycles. The molecule has 2 N–H and O–H groups in total. The smallest absolute Gasteiger partial charge is 0.341 e. The van der Waals surface area contributed by atoms with Crippen molar-refractivity contribution in [2.24, 2.45) is 5.92 Å². The number of fused-ring (bicyclic) bond motifs is 1. The van der Waals surface area contributed by atoms with E-state index in [-0.39, 0.29) is 11.5 Å². The van der Waals surface area contributed by atoms with E-state index in [1.54, 1.807) is 11.3 Å². The highest BCUT2D eigenvalue weighted by molar-refractivity contribution is 7.80. The van der Waals surface area contributed by atoms with Gasteiger partial charge >= 0.3 is 5.97 Å². The SMILES string of the molecule is COC(=O)c1c(NC(=S)NC(C)(C)C)sc2c1CCC(C)C2. The van der Waals surface area contributed by atoms with Crippen LogP contribution in [-0.2, 0) is 17.6 Å². The van der Waals surface area contributed by atoms with E-state index in [9.17, 15) is 4.79 Å². The molecule has 0 spiro atoms. The summed E-state index contributed by atoms with van der Waals surface area (Å²) < 4.78 is 4.97. The Morgan fingerprint density at radius 2 is 2.09 bits per heavy atom. The van der Waals surface area contributed by atoms with E-state index in [2.05, 4.69) is 17.6 Å². The van der Waals surface area contributed by atoms with Crippen LogP contribution in [0.5, 0.6) is 0 Å². The zero-order valence-corrected chi connectivity index (χ0v) is 15.5. The van der Waals surface area contributed by atoms with Crippen LogP contribution < -0.4 is 10.6 Å². The molecule has 0 radical (unpaired) electrons. The van der Waals surface area contributed by atoms with Gasteiger partial charge in [0.2, 0.25) is 0 Å². The summed E-state index contributed by atoms with van der Waals surface area (Å²) in [5.74, 6) is 0.372. The van der Waals surface area contributed by atoms with Gasteiger partial charge in [-0.1, -0.05) is 6.92 Å². The van der Waals surface area contributed by atoms with Crippen molar-refractivity contribution < 1.29 is 9.53 Å². The lowest BCUT2D eigenvalue weighted by Gasteiger charge is -2.22. The quantitative estimate of drug-likeness (QED) is 0.634. The zero-order valence-electron chi connectivity index (χ0n) is 13.8. The Labute approximate surface area is 141 Å². The van der Waals surface area contributed by atoms with Gasteiger partial charge in [-0.05, 0) is 63.7 Å². The number of carbonyl (C=O) groups is 1. The van der Waals surface area contributed by atoms with Crippen molar-refractivity contribution in [2.75, 3.05) is 12.4 Å². The number of thiocarbonyl (C=S) groups is 1. The number of carbonyl (C=O) groups excluding carboxylic acids is 1. The molecule has 1 aliphatic rings. The van der Waals surface area contributed by atoms with Crippen LogP contribution in [0.15, 0.2) is 0 Å². The summed E-state index contributed by atoms with van der Waals surface area (Å²) in [6.45, 7) is 8.38. The van der Waals surface area contributed by atoms with Crippen molar-refractivity contribution in [1.82, 2.24) is 5.32 Å². The Kier molecular flexibility index (Phi) is 5.12. The van der Waals surface area contributed by atoms with Crippen LogP contribution in [0.25, 0.3) is 0 Å². The van der Waals surface area contributed by atoms with Crippen LogP contribution in [-0.4, -0.2) is 23.7 Å². The molecule has 22 heavy (non-hydrogen) atoms. The minimum atomic E-state index is -0.284. The number of anilines is 1. The highest BCUT2D eigenvalue weighted by Gasteiger charge is 2.28. The maximum absolute atomic E-state index is 12.2. The topological polar surface area (TPSA) is 50.4 Å². The van der Waals surface area contributed by atoms with Gasteiger partial charge in [-0.15, -0.1) is 11.3 Å². The molecule has 1 aromatic heterocycles. The molecule has 0 bridgehead atoms. The van der Waals surface area contributed by atoms with E-state index in [0.29, 0.717) is 16.6 Å². The minimum Gasteiger partial charge on any atom is -0.465 e. The van der Waals surface area contributed by atoms with Crippen molar-refractivity contribution in [3.05, 3.63) is 16.0 Å². The first-order valence-electron chi connectivity index (χ1n) is 7.53. The number of esters is 1. The first-order valence-corrected chi connectivity index (χ1v) is 8.75. The monoisotopic (exact) mass is 340 g/mol. The number of hydrogen-bond donors (Lipinski definition) is 2. The predicted molar refractivity (Wildman–Crippen MR) is 96.0 cm³/mol. The summed E-state index contributed by atoms with van der Waals surface area (Å²) in [5, 5.41) is 7.74. The maximum Gasteiger partial charge on any atom is 0.341 e. The van der Waals surface area contributed by atoms with Crippen molar-refractivity contribution in [3.63, 3.8) is 0 Å². The highest BCUT2D eigenvalue weighted by atomic mass is 32.1. The molecule has 0 aliphatic heterocycles. The van der Waals surface area contributed by atoms with Crippen LogP contribution in [0.4, 0.5) is 5.00 Å². The Morgan fingerprint density at radius 3 is 2.68 bits per heavy atom. The number of ether oxygens (including phenoxy) is 1. The normalized spacial score (nSPS) is 17.6. The third kappa shape index (κ3) is 3.98. The second kappa shape index (κ2) is 6.54. The van der Waals surface area contributed by atoms with Crippen molar-refractivity contribution in [1.29, 1.82) is 0 Å². The molecular weight excluding hydrogens is 316 g/mol. The average Bonchev–Trinajstić information content (AvgIpc) is 2.72. The number of rotatable bonds is 2. The fourth-order valence-electron chi connectivity index (χ4n) is 2.63. The first-order chi connectivity index (χ1) is 10.2. The second-order valence-electron chi connectivity index (χ2n) is 6.88. The van der Waals surface area contributed by atoms with Crippen LogP contribution >= 0.6 is 23.6 Å². The fourth-order valence-corrected chi connectivity index (χ4v) is 4.51. The molecule has 1 unspecified atom stereocenters. The molecular formula is C16H24N2O2S2. The van der Waals surface area contributed by atoms with Crippen molar-refractivity contribution >= 4 is 39.6 Å². The van der Waals surface area contributed by atoms with Crippen molar-refractivity contribution in [3.8, 4) is 0 Å². The third-order valence-electron chi connectivity index (χ3n) is 3.62. The van der Waals surface area contributed by atoms with E-state index >= 15 is 0 Å². The lowest BCUT2D eigenvalue weighted by atomic mass is 9.88. The lowest BCUT2D eigenvalue weighted by Crippen LogP contribution is -2.43. The summed E-state index contributed by atoms with van der Waals surface area (Å²) in [6, 6.07) is 0. The van der Waals surface area contributed by atoms with E-state index < -0.39 is 0 Å². The van der Waals surface area contributed by atoms with Gasteiger partial charge < -0.3 is 15.4 Å². The Morgan fingerprint density at radius 1 is 1.41 bits per heavy atom. The fraction of sp³-hybridized carbons (Fsp3) is 0.625. The van der Waals surface area contributed by atoms with E-state index in [0.717, 1.165) is 29.8 Å². The molecule has 0 fully saturated rings. The molecule has 2 rings (SSSR count). The Balaban J connectivity index is 2.30. The molecule has 1 atom stereocenters.